The molecule has 0 heterocycles. The van der Waals surface area contributed by atoms with E-state index in [1.165, 1.54) is 12.1 Å². The van der Waals surface area contributed by atoms with Crippen molar-refractivity contribution in [1.82, 2.24) is 0 Å². The third-order valence-electron chi connectivity index (χ3n) is 2.69. The molecule has 2 aromatic carbocycles. The second-order valence-corrected chi connectivity index (χ2v) is 5.48. The van der Waals surface area contributed by atoms with Gasteiger partial charge in [0, 0.05) is 21.6 Å². The Hall–Kier alpha value is -1.13. The van der Waals surface area contributed by atoms with Crippen LogP contribution in [0.5, 0.6) is 0 Å². The van der Waals surface area contributed by atoms with E-state index in [9.17, 15) is 8.78 Å². The van der Waals surface area contributed by atoms with Crippen LogP contribution in [0.2, 0.25) is 5.02 Å². The molecule has 2 aromatic rings. The summed E-state index contributed by atoms with van der Waals surface area (Å²) in [5, 5.41) is 3.74. The number of rotatable bonds is 3. The summed E-state index contributed by atoms with van der Waals surface area (Å²) in [6.07, 6.45) is 0. The number of anilines is 1. The molecule has 0 fully saturated rings. The van der Waals surface area contributed by atoms with Gasteiger partial charge in [0.05, 0.1) is 5.69 Å². The van der Waals surface area contributed by atoms with Gasteiger partial charge in [0.25, 0.3) is 0 Å². The number of benzene rings is 2. The number of hydrogen-bond donors (Lipinski definition) is 1. The molecular weight excluding hydrogens is 336 g/mol. The van der Waals surface area contributed by atoms with Crippen molar-refractivity contribution >= 4 is 33.2 Å². The first kappa shape index (κ1) is 14.3. The molecule has 0 aliphatic carbocycles. The maximum absolute atomic E-state index is 13.2. The Balaban J connectivity index is 2.25. The Kier molecular flexibility index (Phi) is 4.42. The molecule has 1 nitrogen and oxygen atoms in total. The predicted octanol–water partition coefficient (Wildman–Crippen LogP) is 5.55. The minimum absolute atomic E-state index is 0.250. The lowest BCUT2D eigenvalue weighted by molar-refractivity contribution is 0.577. The van der Waals surface area contributed by atoms with Gasteiger partial charge in [-0.2, -0.15) is 0 Å². The van der Waals surface area contributed by atoms with Crippen LogP contribution >= 0.6 is 27.5 Å². The van der Waals surface area contributed by atoms with Crippen molar-refractivity contribution in [3.63, 3.8) is 0 Å². The molecule has 19 heavy (non-hydrogen) atoms. The number of halogens is 4. The van der Waals surface area contributed by atoms with Gasteiger partial charge < -0.3 is 5.32 Å². The van der Waals surface area contributed by atoms with Crippen LogP contribution in [-0.2, 0) is 0 Å². The number of nitrogens with one attached hydrogen (secondary N) is 1. The van der Waals surface area contributed by atoms with E-state index in [-0.39, 0.29) is 6.04 Å². The van der Waals surface area contributed by atoms with E-state index < -0.39 is 11.6 Å². The third kappa shape index (κ3) is 3.67. The molecule has 0 aromatic heterocycles. The average Bonchev–Trinajstić information content (AvgIpc) is 2.32. The van der Waals surface area contributed by atoms with Crippen LogP contribution in [0.3, 0.4) is 0 Å². The second kappa shape index (κ2) is 5.88. The maximum atomic E-state index is 13.2. The summed E-state index contributed by atoms with van der Waals surface area (Å²) in [5.74, 6) is -1.18. The van der Waals surface area contributed by atoms with Gasteiger partial charge in [-0.1, -0.05) is 11.6 Å². The lowest BCUT2D eigenvalue weighted by Crippen LogP contribution is -2.08. The Bertz CT molecular complexity index is 584. The number of hydrogen-bond acceptors (Lipinski definition) is 1. The van der Waals surface area contributed by atoms with Crippen LogP contribution < -0.4 is 5.32 Å². The van der Waals surface area contributed by atoms with E-state index in [4.69, 9.17) is 11.6 Å². The third-order valence-corrected chi connectivity index (χ3v) is 3.61. The molecule has 5 heteroatoms. The van der Waals surface area contributed by atoms with Crippen LogP contribution in [0.15, 0.2) is 40.9 Å². The van der Waals surface area contributed by atoms with Crippen LogP contribution in [0.1, 0.15) is 18.5 Å². The van der Waals surface area contributed by atoms with E-state index in [1.54, 1.807) is 12.1 Å². The predicted molar refractivity (Wildman–Crippen MR) is 77.5 cm³/mol. The Morgan fingerprint density at radius 2 is 1.74 bits per heavy atom. The Labute approximate surface area is 123 Å². The Morgan fingerprint density at radius 3 is 2.37 bits per heavy atom. The smallest absolute Gasteiger partial charge is 0.126 e. The van der Waals surface area contributed by atoms with E-state index in [0.717, 1.165) is 16.2 Å². The van der Waals surface area contributed by atoms with E-state index in [2.05, 4.69) is 21.2 Å². The first-order valence-electron chi connectivity index (χ1n) is 5.63. The SMILES string of the molecule is CC(Nc1cc(Cl)ccc1Br)c1cc(F)cc(F)c1. The lowest BCUT2D eigenvalue weighted by atomic mass is 10.1. The van der Waals surface area contributed by atoms with Gasteiger partial charge in [-0.15, -0.1) is 0 Å². The van der Waals surface area contributed by atoms with Crippen LogP contribution in [0.4, 0.5) is 14.5 Å². The minimum Gasteiger partial charge on any atom is -0.378 e. The summed E-state index contributed by atoms with van der Waals surface area (Å²) >= 11 is 9.31. The minimum atomic E-state index is -0.589. The molecule has 0 bridgehead atoms. The van der Waals surface area contributed by atoms with E-state index in [1.807, 2.05) is 13.0 Å². The first-order valence-corrected chi connectivity index (χ1v) is 6.80. The van der Waals surface area contributed by atoms with Gasteiger partial charge in [-0.25, -0.2) is 8.78 Å². The molecule has 0 saturated carbocycles. The molecule has 1 N–H and O–H groups in total. The highest BCUT2D eigenvalue weighted by molar-refractivity contribution is 9.10. The van der Waals surface area contributed by atoms with Gasteiger partial charge in [0.15, 0.2) is 0 Å². The molecule has 0 aliphatic heterocycles. The fraction of sp³-hybridized carbons (Fsp3) is 0.143. The van der Waals surface area contributed by atoms with Gasteiger partial charge in [-0.05, 0) is 58.7 Å². The van der Waals surface area contributed by atoms with Crippen molar-refractivity contribution in [1.29, 1.82) is 0 Å². The van der Waals surface area contributed by atoms with Crippen LogP contribution in [-0.4, -0.2) is 0 Å². The van der Waals surface area contributed by atoms with Crippen molar-refractivity contribution in [3.8, 4) is 0 Å². The summed E-state index contributed by atoms with van der Waals surface area (Å²) in [7, 11) is 0. The zero-order valence-corrected chi connectivity index (χ0v) is 12.4. The quantitative estimate of drug-likeness (QED) is 0.768. The summed E-state index contributed by atoms with van der Waals surface area (Å²) in [6.45, 7) is 1.82. The fourth-order valence-corrected chi connectivity index (χ4v) is 2.28. The van der Waals surface area contributed by atoms with Crippen molar-refractivity contribution < 1.29 is 8.78 Å². The van der Waals surface area contributed by atoms with E-state index in [0.29, 0.717) is 10.6 Å². The first-order chi connectivity index (χ1) is 8.95. The topological polar surface area (TPSA) is 12.0 Å². The summed E-state index contributed by atoms with van der Waals surface area (Å²) in [5.41, 5.74) is 1.30. The molecule has 100 valence electrons. The fourth-order valence-electron chi connectivity index (χ4n) is 1.75. The van der Waals surface area contributed by atoms with Crippen molar-refractivity contribution in [2.24, 2.45) is 0 Å². The molecule has 0 radical (unpaired) electrons. The normalized spacial score (nSPS) is 12.3. The molecule has 2 rings (SSSR count). The van der Waals surface area contributed by atoms with Gasteiger partial charge in [0.1, 0.15) is 11.6 Å². The molecular formula is C14H11BrClF2N. The molecule has 1 unspecified atom stereocenters. The summed E-state index contributed by atoms with van der Waals surface area (Å²) in [6, 6.07) is 8.52. The highest BCUT2D eigenvalue weighted by Crippen LogP contribution is 2.29. The highest BCUT2D eigenvalue weighted by atomic mass is 79.9. The Morgan fingerprint density at radius 1 is 1.11 bits per heavy atom. The van der Waals surface area contributed by atoms with Crippen molar-refractivity contribution in [3.05, 3.63) is 63.1 Å². The standard InChI is InChI=1S/C14H11BrClF2N/c1-8(9-4-11(17)7-12(18)5-9)19-14-6-10(16)2-3-13(14)15/h2-8,19H,1H3. The maximum Gasteiger partial charge on any atom is 0.126 e. The average molecular weight is 347 g/mol. The molecule has 0 aliphatic rings. The van der Waals surface area contributed by atoms with Crippen LogP contribution in [0, 0.1) is 11.6 Å². The van der Waals surface area contributed by atoms with Crippen molar-refractivity contribution in [2.75, 3.05) is 5.32 Å². The molecule has 0 amide bonds. The zero-order valence-electron chi connectivity index (χ0n) is 10.1. The largest absolute Gasteiger partial charge is 0.378 e. The summed E-state index contributed by atoms with van der Waals surface area (Å²) < 4.78 is 27.2. The lowest BCUT2D eigenvalue weighted by Gasteiger charge is -2.17. The monoisotopic (exact) mass is 345 g/mol. The molecule has 0 spiro atoms. The van der Waals surface area contributed by atoms with Crippen molar-refractivity contribution in [2.45, 2.75) is 13.0 Å². The highest BCUT2D eigenvalue weighted by Gasteiger charge is 2.10. The summed E-state index contributed by atoms with van der Waals surface area (Å²) in [4.78, 5) is 0. The van der Waals surface area contributed by atoms with E-state index >= 15 is 0 Å². The molecule has 0 saturated heterocycles. The van der Waals surface area contributed by atoms with Gasteiger partial charge >= 0.3 is 0 Å². The van der Waals surface area contributed by atoms with Crippen LogP contribution in [0.25, 0.3) is 0 Å². The second-order valence-electron chi connectivity index (χ2n) is 4.19. The molecule has 1 atom stereocenters. The zero-order chi connectivity index (χ0) is 14.0. The van der Waals surface area contributed by atoms with Gasteiger partial charge in [-0.3, -0.25) is 0 Å². The van der Waals surface area contributed by atoms with Gasteiger partial charge in [0.2, 0.25) is 0 Å².